The molecule has 0 aromatic heterocycles. The lowest BCUT2D eigenvalue weighted by Crippen LogP contribution is -2.05. The number of aliphatic imine (C=N–C) groups is 1. The van der Waals surface area contributed by atoms with E-state index < -0.39 is 11.8 Å². The van der Waals surface area contributed by atoms with E-state index in [0.717, 1.165) is 11.1 Å². The highest BCUT2D eigenvalue weighted by molar-refractivity contribution is 6.03. The molecule has 0 bridgehead atoms. The topological polar surface area (TPSA) is 38.7 Å². The third-order valence-corrected chi connectivity index (χ3v) is 3.08. The van der Waals surface area contributed by atoms with Crippen LogP contribution in [0.4, 0.5) is 10.1 Å². The number of benzene rings is 1. The predicted octanol–water partition coefficient (Wildman–Crippen LogP) is 5.00. The van der Waals surface area contributed by atoms with Crippen molar-refractivity contribution in [2.45, 2.75) is 34.1 Å². The summed E-state index contributed by atoms with van der Waals surface area (Å²) in [4.78, 5) is 16.3. The Hall–Kier alpha value is -2.23. The van der Waals surface area contributed by atoms with Gasteiger partial charge in [0.2, 0.25) is 0 Å². The zero-order valence-electron chi connectivity index (χ0n) is 13.8. The van der Waals surface area contributed by atoms with Crippen LogP contribution in [0.1, 0.15) is 41.8 Å². The number of allylic oxidation sites excluding steroid dienone is 3. The Morgan fingerprint density at radius 1 is 1.41 bits per heavy atom. The molecule has 0 N–H and O–H groups in total. The first kappa shape index (κ1) is 17.8. The van der Waals surface area contributed by atoms with Gasteiger partial charge in [0, 0.05) is 0 Å². The maximum Gasteiger partial charge on any atom is 0.340 e. The molecule has 3 nitrogen and oxygen atoms in total. The molecule has 4 heteroatoms. The lowest BCUT2D eigenvalue weighted by Gasteiger charge is -2.10. The summed E-state index contributed by atoms with van der Waals surface area (Å²) in [6, 6.07) is 3.60. The minimum Gasteiger partial charge on any atom is -0.465 e. The Bertz CT molecular complexity index is 657. The van der Waals surface area contributed by atoms with Gasteiger partial charge in [-0.3, -0.25) is 0 Å². The van der Waals surface area contributed by atoms with Gasteiger partial charge >= 0.3 is 5.97 Å². The van der Waals surface area contributed by atoms with Gasteiger partial charge in [0.1, 0.15) is 5.83 Å². The monoisotopic (exact) mass is 303 g/mol. The number of hydrogen-bond acceptors (Lipinski definition) is 3. The second-order valence-corrected chi connectivity index (χ2v) is 5.22. The van der Waals surface area contributed by atoms with E-state index in [1.54, 1.807) is 13.0 Å². The number of esters is 1. The molecule has 0 unspecified atom stereocenters. The third-order valence-electron chi connectivity index (χ3n) is 3.08. The van der Waals surface area contributed by atoms with Gasteiger partial charge in [0.25, 0.3) is 0 Å². The van der Waals surface area contributed by atoms with Crippen LogP contribution in [0, 0.1) is 13.8 Å². The zero-order chi connectivity index (χ0) is 16.9. The quantitative estimate of drug-likeness (QED) is 0.436. The van der Waals surface area contributed by atoms with Crippen LogP contribution in [0.5, 0.6) is 0 Å². The second-order valence-electron chi connectivity index (χ2n) is 5.22. The van der Waals surface area contributed by atoms with Crippen molar-refractivity contribution in [2.75, 3.05) is 7.11 Å². The fourth-order valence-corrected chi connectivity index (χ4v) is 2.11. The smallest absolute Gasteiger partial charge is 0.340 e. The Balaban J connectivity index is 3.50. The first-order chi connectivity index (χ1) is 10.3. The maximum atomic E-state index is 14.2. The molecule has 0 radical (unpaired) electrons. The molecule has 0 aliphatic carbocycles. The van der Waals surface area contributed by atoms with E-state index in [9.17, 15) is 9.18 Å². The Morgan fingerprint density at radius 2 is 2.05 bits per heavy atom. The van der Waals surface area contributed by atoms with Gasteiger partial charge in [0.05, 0.1) is 24.1 Å². The molecule has 0 aliphatic rings. The van der Waals surface area contributed by atoms with Crippen LogP contribution in [0.25, 0.3) is 0 Å². The van der Waals surface area contributed by atoms with E-state index in [2.05, 4.69) is 11.6 Å². The Morgan fingerprint density at radius 3 is 2.55 bits per heavy atom. The first-order valence-corrected chi connectivity index (χ1v) is 7.10. The number of ether oxygens (including phenoxy) is 1. The lowest BCUT2D eigenvalue weighted by molar-refractivity contribution is 0.0601. The van der Waals surface area contributed by atoms with Gasteiger partial charge in [-0.15, -0.1) is 0 Å². The highest BCUT2D eigenvalue weighted by atomic mass is 19.1. The van der Waals surface area contributed by atoms with Crippen LogP contribution in [0.2, 0.25) is 0 Å². The molecule has 0 fully saturated rings. The molecule has 0 heterocycles. The molecule has 1 aromatic rings. The molecule has 0 spiro atoms. The summed E-state index contributed by atoms with van der Waals surface area (Å²) >= 11 is 0. The summed E-state index contributed by atoms with van der Waals surface area (Å²) in [5, 5.41) is 0. The van der Waals surface area contributed by atoms with E-state index >= 15 is 0 Å². The summed E-state index contributed by atoms with van der Waals surface area (Å²) in [6.45, 7) is 10.9. The van der Waals surface area contributed by atoms with Crippen LogP contribution in [-0.2, 0) is 4.74 Å². The van der Waals surface area contributed by atoms with Crippen molar-refractivity contribution < 1.29 is 13.9 Å². The normalized spacial score (nSPS) is 12.3. The van der Waals surface area contributed by atoms with Crippen molar-refractivity contribution in [2.24, 2.45) is 4.99 Å². The molecule has 22 heavy (non-hydrogen) atoms. The molecule has 1 aromatic carbocycles. The number of nitrogens with zero attached hydrogens (tertiary/aromatic N) is 1. The van der Waals surface area contributed by atoms with Crippen LogP contribution >= 0.6 is 0 Å². The fraction of sp³-hybridized carbons (Fsp3) is 0.333. The molecular weight excluding hydrogens is 281 g/mol. The number of carbonyl (C=O) groups excluding carboxylic acids is 1. The average molecular weight is 303 g/mol. The molecular formula is C18H22FNO2. The minimum atomic E-state index is -0.481. The molecule has 118 valence electrons. The third kappa shape index (κ3) is 4.38. The highest BCUT2D eigenvalue weighted by Gasteiger charge is 2.16. The average Bonchev–Trinajstić information content (AvgIpc) is 2.44. The zero-order valence-corrected chi connectivity index (χ0v) is 13.8. The number of hydrogen-bond donors (Lipinski definition) is 0. The first-order valence-electron chi connectivity index (χ1n) is 7.10. The van der Waals surface area contributed by atoms with Crippen LogP contribution in [0.15, 0.2) is 41.2 Å². The van der Waals surface area contributed by atoms with Crippen LogP contribution in [0.3, 0.4) is 0 Å². The summed E-state index contributed by atoms with van der Waals surface area (Å²) in [6.07, 6.45) is 1.74. The molecule has 0 saturated heterocycles. The van der Waals surface area contributed by atoms with E-state index in [4.69, 9.17) is 4.74 Å². The number of aryl methyl sites for hydroxylation is 2. The van der Waals surface area contributed by atoms with Gasteiger partial charge < -0.3 is 4.74 Å². The van der Waals surface area contributed by atoms with E-state index in [1.165, 1.54) is 13.2 Å². The number of carbonyl (C=O) groups is 1. The second kappa shape index (κ2) is 7.69. The Kier molecular flexibility index (Phi) is 6.23. The van der Waals surface area contributed by atoms with Crippen LogP contribution in [-0.4, -0.2) is 18.8 Å². The summed E-state index contributed by atoms with van der Waals surface area (Å²) in [5.41, 5.74) is 3.39. The minimum absolute atomic E-state index is 0.278. The fourth-order valence-electron chi connectivity index (χ4n) is 2.11. The SMILES string of the molecule is C=C(C)/C=C(/F)C(CC)=Nc1c(C)cc(C)cc1C(=O)OC. The molecule has 0 saturated carbocycles. The highest BCUT2D eigenvalue weighted by Crippen LogP contribution is 2.28. The van der Waals surface area contributed by atoms with Crippen molar-refractivity contribution >= 4 is 17.4 Å². The summed E-state index contributed by atoms with van der Waals surface area (Å²) in [7, 11) is 1.32. The van der Waals surface area contributed by atoms with E-state index in [0.29, 0.717) is 23.2 Å². The van der Waals surface area contributed by atoms with Crippen molar-refractivity contribution in [1.82, 2.24) is 0 Å². The number of rotatable bonds is 5. The van der Waals surface area contributed by atoms with Crippen LogP contribution < -0.4 is 0 Å². The molecule has 0 amide bonds. The maximum absolute atomic E-state index is 14.2. The van der Waals surface area contributed by atoms with Crippen molar-refractivity contribution in [3.63, 3.8) is 0 Å². The van der Waals surface area contributed by atoms with E-state index in [1.807, 2.05) is 26.8 Å². The summed E-state index contributed by atoms with van der Waals surface area (Å²) in [5.74, 6) is -0.920. The number of methoxy groups -OCH3 is 1. The predicted molar refractivity (Wildman–Crippen MR) is 88.6 cm³/mol. The van der Waals surface area contributed by atoms with Crippen molar-refractivity contribution in [3.05, 3.63) is 52.9 Å². The van der Waals surface area contributed by atoms with Gasteiger partial charge in [-0.05, 0) is 50.5 Å². The van der Waals surface area contributed by atoms with E-state index in [-0.39, 0.29) is 5.71 Å². The van der Waals surface area contributed by atoms with Gasteiger partial charge in [-0.2, -0.15) is 0 Å². The number of halogens is 1. The van der Waals surface area contributed by atoms with Crippen molar-refractivity contribution in [1.29, 1.82) is 0 Å². The molecule has 0 aliphatic heterocycles. The summed E-state index contributed by atoms with van der Waals surface area (Å²) < 4.78 is 19.0. The van der Waals surface area contributed by atoms with Crippen molar-refractivity contribution in [3.8, 4) is 0 Å². The van der Waals surface area contributed by atoms with Gasteiger partial charge in [-0.1, -0.05) is 25.1 Å². The Labute approximate surface area is 131 Å². The largest absolute Gasteiger partial charge is 0.465 e. The van der Waals surface area contributed by atoms with Gasteiger partial charge in [-0.25, -0.2) is 14.2 Å². The lowest BCUT2D eigenvalue weighted by atomic mass is 10.0. The standard InChI is InChI=1S/C18H22FNO2/c1-7-16(15(19)8-11(2)3)20-17-13(5)9-12(4)10-14(17)18(21)22-6/h8-10H,2,7H2,1,3-6H3/b15-8+,20-16?. The molecule has 1 rings (SSSR count). The molecule has 0 atom stereocenters. The van der Waals surface area contributed by atoms with Gasteiger partial charge in [0.15, 0.2) is 0 Å².